The number of phenols is 1. The van der Waals surface area contributed by atoms with Gasteiger partial charge in [0.1, 0.15) is 28.6 Å². The molecule has 188 valence electrons. The molecule has 0 bridgehead atoms. The number of nitrogens with zero attached hydrogens (tertiary/aromatic N) is 2. The zero-order valence-corrected chi connectivity index (χ0v) is 21.4. The summed E-state index contributed by atoms with van der Waals surface area (Å²) in [6, 6.07) is 14.0. The number of Topliss-reactive ketones (excluding diaryl/α,β-unsaturated/α-hetero) is 1. The zero-order chi connectivity index (χ0) is 26.4. The van der Waals surface area contributed by atoms with Crippen molar-refractivity contribution in [2.75, 3.05) is 19.1 Å². The van der Waals surface area contributed by atoms with E-state index in [4.69, 9.17) is 9.47 Å². The highest BCUT2D eigenvalue weighted by molar-refractivity contribution is 7.22. The van der Waals surface area contributed by atoms with E-state index < -0.39 is 23.5 Å². The molecule has 8 nitrogen and oxygen atoms in total. The molecule has 1 unspecified atom stereocenters. The molecule has 5 rings (SSSR count). The highest BCUT2D eigenvalue weighted by Crippen LogP contribution is 2.46. The third kappa shape index (κ3) is 3.97. The number of ether oxygens (including phenoxy) is 2. The number of fused-ring (bicyclic) bond motifs is 1. The van der Waals surface area contributed by atoms with Gasteiger partial charge >= 0.3 is 5.91 Å². The van der Waals surface area contributed by atoms with Crippen LogP contribution < -0.4 is 14.4 Å². The van der Waals surface area contributed by atoms with Gasteiger partial charge < -0.3 is 19.7 Å². The van der Waals surface area contributed by atoms with E-state index in [1.165, 1.54) is 42.6 Å². The number of ketones is 1. The van der Waals surface area contributed by atoms with Crippen LogP contribution in [0, 0.1) is 13.8 Å². The van der Waals surface area contributed by atoms with Crippen molar-refractivity contribution in [1.29, 1.82) is 0 Å². The number of carbonyl (C=O) groups excluding carboxylic acids is 2. The molecule has 1 aliphatic rings. The number of aliphatic hydroxyl groups is 1. The lowest BCUT2D eigenvalue weighted by Crippen LogP contribution is -2.29. The number of aryl methyl sites for hydroxylation is 2. The fourth-order valence-corrected chi connectivity index (χ4v) is 5.56. The molecule has 0 aliphatic carbocycles. The molecule has 2 N–H and O–H groups in total. The van der Waals surface area contributed by atoms with Gasteiger partial charge in [-0.15, -0.1) is 0 Å². The van der Waals surface area contributed by atoms with Gasteiger partial charge in [0.25, 0.3) is 5.78 Å². The van der Waals surface area contributed by atoms with E-state index in [9.17, 15) is 19.8 Å². The second-order valence-corrected chi connectivity index (χ2v) is 9.71. The summed E-state index contributed by atoms with van der Waals surface area (Å²) in [6.45, 7) is 3.98. The second kappa shape index (κ2) is 9.25. The lowest BCUT2D eigenvalue weighted by molar-refractivity contribution is -0.132. The summed E-state index contributed by atoms with van der Waals surface area (Å²) < 4.78 is 11.7. The van der Waals surface area contributed by atoms with Crippen LogP contribution in [0.15, 0.2) is 60.2 Å². The molecule has 2 heterocycles. The highest BCUT2D eigenvalue weighted by Gasteiger charge is 2.48. The van der Waals surface area contributed by atoms with Crippen LogP contribution in [0.25, 0.3) is 16.0 Å². The number of phenolic OH excluding ortho intramolecular Hbond substituents is 1. The lowest BCUT2D eigenvalue weighted by Gasteiger charge is -2.23. The predicted octanol–water partition coefficient (Wildman–Crippen LogP) is 5.26. The first-order valence-electron chi connectivity index (χ1n) is 11.4. The average Bonchev–Trinajstić information content (AvgIpc) is 3.41. The summed E-state index contributed by atoms with van der Waals surface area (Å²) in [5.41, 5.74) is 3.39. The van der Waals surface area contributed by atoms with Crippen molar-refractivity contribution in [2.45, 2.75) is 19.9 Å². The molecule has 1 aliphatic heterocycles. The second-order valence-electron chi connectivity index (χ2n) is 8.70. The van der Waals surface area contributed by atoms with Crippen LogP contribution in [0.5, 0.6) is 17.2 Å². The van der Waals surface area contributed by atoms with Crippen molar-refractivity contribution in [3.8, 4) is 17.2 Å². The minimum atomic E-state index is -1.00. The molecule has 0 spiro atoms. The Balaban J connectivity index is 1.78. The largest absolute Gasteiger partial charge is 0.508 e. The van der Waals surface area contributed by atoms with E-state index in [2.05, 4.69) is 4.98 Å². The quantitative estimate of drug-likeness (QED) is 0.211. The molecule has 1 aromatic heterocycles. The Kier molecular flexibility index (Phi) is 6.08. The Bertz CT molecular complexity index is 1530. The minimum Gasteiger partial charge on any atom is -0.508 e. The van der Waals surface area contributed by atoms with Gasteiger partial charge in [0.15, 0.2) is 5.13 Å². The number of rotatable bonds is 5. The fraction of sp³-hybridized carbons (Fsp3) is 0.179. The number of carbonyl (C=O) groups is 2. The monoisotopic (exact) mass is 516 g/mol. The number of benzene rings is 3. The van der Waals surface area contributed by atoms with Gasteiger partial charge in [-0.2, -0.15) is 0 Å². The van der Waals surface area contributed by atoms with E-state index in [0.29, 0.717) is 16.2 Å². The van der Waals surface area contributed by atoms with Crippen LogP contribution >= 0.6 is 11.3 Å². The summed E-state index contributed by atoms with van der Waals surface area (Å²) in [6.07, 6.45) is 0. The van der Waals surface area contributed by atoms with Gasteiger partial charge in [-0.3, -0.25) is 14.5 Å². The molecule has 4 aromatic rings. The molecule has 37 heavy (non-hydrogen) atoms. The van der Waals surface area contributed by atoms with Crippen molar-refractivity contribution in [3.63, 3.8) is 0 Å². The number of methoxy groups -OCH3 is 2. The number of hydrogen-bond acceptors (Lipinski definition) is 8. The number of anilines is 1. The van der Waals surface area contributed by atoms with Crippen LogP contribution in [0.2, 0.25) is 0 Å². The van der Waals surface area contributed by atoms with Crippen LogP contribution in [0.4, 0.5) is 5.13 Å². The van der Waals surface area contributed by atoms with Crippen molar-refractivity contribution in [3.05, 3.63) is 82.4 Å². The van der Waals surface area contributed by atoms with Crippen LogP contribution in [-0.2, 0) is 9.59 Å². The smallest absolute Gasteiger partial charge is 0.301 e. The predicted molar refractivity (Wildman–Crippen MR) is 142 cm³/mol. The minimum absolute atomic E-state index is 0.0260. The average molecular weight is 517 g/mol. The third-order valence-electron chi connectivity index (χ3n) is 6.52. The fourth-order valence-electron chi connectivity index (χ4n) is 4.49. The first-order chi connectivity index (χ1) is 17.7. The first-order valence-corrected chi connectivity index (χ1v) is 12.3. The molecule has 9 heteroatoms. The standard InChI is InChI=1S/C28H24N2O6S/c1-14-12-18-21(13-15(14)2)37-28(29-18)30-24(16-8-10-17(31)11-9-16)23(26(33)27(30)34)25(32)22-19(35-3)6-5-7-20(22)36-4/h5-13,24,31-32H,1-4H3/b25-23+. The van der Waals surface area contributed by atoms with Crippen LogP contribution in [0.3, 0.4) is 0 Å². The van der Waals surface area contributed by atoms with Crippen molar-refractivity contribution < 1.29 is 29.3 Å². The van der Waals surface area contributed by atoms with E-state index >= 15 is 0 Å². The van der Waals surface area contributed by atoms with Crippen molar-refractivity contribution >= 4 is 44.1 Å². The van der Waals surface area contributed by atoms with Gasteiger partial charge in [-0.25, -0.2) is 4.98 Å². The van der Waals surface area contributed by atoms with E-state index in [-0.39, 0.29) is 28.4 Å². The Morgan fingerprint density at radius 3 is 2.22 bits per heavy atom. The number of aromatic nitrogens is 1. The van der Waals surface area contributed by atoms with E-state index in [1.807, 2.05) is 26.0 Å². The summed E-state index contributed by atoms with van der Waals surface area (Å²) in [7, 11) is 2.87. The number of amides is 1. The molecule has 0 saturated carbocycles. The molecular formula is C28H24N2O6S. The van der Waals surface area contributed by atoms with Crippen LogP contribution in [0.1, 0.15) is 28.3 Å². The molecule has 1 saturated heterocycles. The lowest BCUT2D eigenvalue weighted by atomic mass is 9.94. The Morgan fingerprint density at radius 2 is 1.59 bits per heavy atom. The summed E-state index contributed by atoms with van der Waals surface area (Å²) in [5, 5.41) is 21.7. The van der Waals surface area contributed by atoms with Gasteiger partial charge in [0.05, 0.1) is 36.1 Å². The van der Waals surface area contributed by atoms with Crippen molar-refractivity contribution in [2.24, 2.45) is 0 Å². The normalized spacial score (nSPS) is 17.0. The maximum Gasteiger partial charge on any atom is 0.301 e. The number of aliphatic hydroxyl groups excluding tert-OH is 1. The van der Waals surface area contributed by atoms with Gasteiger partial charge in [-0.05, 0) is 66.9 Å². The third-order valence-corrected chi connectivity index (χ3v) is 7.53. The molecular weight excluding hydrogens is 492 g/mol. The Labute approximate surface area is 217 Å². The number of hydrogen-bond donors (Lipinski definition) is 2. The molecule has 0 radical (unpaired) electrons. The summed E-state index contributed by atoms with van der Waals surface area (Å²) in [5.74, 6) is -1.54. The Hall–Kier alpha value is -4.37. The van der Waals surface area contributed by atoms with Gasteiger partial charge in [-0.1, -0.05) is 29.5 Å². The Morgan fingerprint density at radius 1 is 0.973 bits per heavy atom. The highest BCUT2D eigenvalue weighted by atomic mass is 32.1. The summed E-state index contributed by atoms with van der Waals surface area (Å²) in [4.78, 5) is 33.0. The molecule has 3 aromatic carbocycles. The zero-order valence-electron chi connectivity index (χ0n) is 20.6. The van der Waals surface area contributed by atoms with Gasteiger partial charge in [0, 0.05) is 0 Å². The topological polar surface area (TPSA) is 109 Å². The molecule has 1 atom stereocenters. The van der Waals surface area contributed by atoms with Crippen LogP contribution in [-0.4, -0.2) is 41.1 Å². The first kappa shape index (κ1) is 24.3. The summed E-state index contributed by atoms with van der Waals surface area (Å²) >= 11 is 1.29. The van der Waals surface area contributed by atoms with Gasteiger partial charge in [0.2, 0.25) is 0 Å². The molecule has 1 amide bonds. The maximum atomic E-state index is 13.5. The SMILES string of the molecule is COc1cccc(OC)c1/C(O)=C1\C(=O)C(=O)N(c2nc3cc(C)c(C)cc3s2)C1c1ccc(O)cc1. The molecule has 1 fully saturated rings. The maximum absolute atomic E-state index is 13.5. The number of thiazole rings is 1. The number of aromatic hydroxyl groups is 1. The van der Waals surface area contributed by atoms with E-state index in [1.54, 1.807) is 30.3 Å². The van der Waals surface area contributed by atoms with E-state index in [0.717, 1.165) is 15.8 Å². The van der Waals surface area contributed by atoms with Crippen molar-refractivity contribution in [1.82, 2.24) is 4.98 Å².